The van der Waals surface area contributed by atoms with Gasteiger partial charge >= 0.3 is 0 Å². The summed E-state index contributed by atoms with van der Waals surface area (Å²) in [7, 11) is 1.52. The van der Waals surface area contributed by atoms with Gasteiger partial charge in [-0.15, -0.1) is 0 Å². The van der Waals surface area contributed by atoms with Crippen LogP contribution in [0, 0.1) is 5.82 Å². The van der Waals surface area contributed by atoms with Gasteiger partial charge < -0.3 is 10.1 Å². The summed E-state index contributed by atoms with van der Waals surface area (Å²) in [5.74, 6) is -1.53. The lowest BCUT2D eigenvalue weighted by atomic mass is 10.2. The van der Waals surface area contributed by atoms with Crippen LogP contribution in [0.25, 0.3) is 0 Å². The number of nitrogens with one attached hydrogen (secondary N) is 2. The number of amides is 2. The van der Waals surface area contributed by atoms with E-state index in [0.29, 0.717) is 11.3 Å². The molecule has 2 N–H and O–H groups in total. The predicted octanol–water partition coefficient (Wildman–Crippen LogP) is 2.37. The lowest BCUT2D eigenvalue weighted by Gasteiger charge is -2.07. The summed E-state index contributed by atoms with van der Waals surface area (Å²) in [6.45, 7) is -0.382. The van der Waals surface area contributed by atoms with E-state index in [-0.39, 0.29) is 17.1 Å². The normalized spacial score (nSPS) is 10.5. The zero-order chi connectivity index (χ0) is 18.2. The minimum atomic E-state index is -0.785. The number of hydrogen-bond acceptors (Lipinski definition) is 4. The van der Waals surface area contributed by atoms with Crippen LogP contribution in [0.2, 0.25) is 5.02 Å². The molecule has 130 valence electrons. The van der Waals surface area contributed by atoms with E-state index in [1.165, 1.54) is 25.5 Å². The second kappa shape index (κ2) is 8.79. The molecule has 0 bridgehead atoms. The molecule has 0 atom stereocenters. The average molecular weight is 364 g/mol. The van der Waals surface area contributed by atoms with Crippen LogP contribution < -0.4 is 15.5 Å². The van der Waals surface area contributed by atoms with E-state index in [0.717, 1.165) is 6.07 Å². The summed E-state index contributed by atoms with van der Waals surface area (Å²) >= 11 is 5.78. The fraction of sp³-hybridized carbons (Fsp3) is 0.118. The van der Waals surface area contributed by atoms with Crippen molar-refractivity contribution in [2.24, 2.45) is 5.10 Å². The Balaban J connectivity index is 1.89. The number of rotatable bonds is 6. The van der Waals surface area contributed by atoms with Crippen LogP contribution in [0.5, 0.6) is 5.75 Å². The van der Waals surface area contributed by atoms with Crippen molar-refractivity contribution in [3.8, 4) is 5.75 Å². The fourth-order valence-corrected chi connectivity index (χ4v) is 2.20. The number of para-hydroxylation sites is 1. The lowest BCUT2D eigenvalue weighted by molar-refractivity contribution is -0.120. The van der Waals surface area contributed by atoms with Gasteiger partial charge in [-0.25, -0.2) is 9.82 Å². The zero-order valence-electron chi connectivity index (χ0n) is 13.3. The minimum absolute atomic E-state index is 0.0351. The summed E-state index contributed by atoms with van der Waals surface area (Å²) in [5.41, 5.74) is 2.61. The molecule has 2 aromatic carbocycles. The summed E-state index contributed by atoms with van der Waals surface area (Å²) in [6.07, 6.45) is 1.41. The van der Waals surface area contributed by atoms with E-state index in [1.54, 1.807) is 24.3 Å². The maximum absolute atomic E-state index is 13.6. The van der Waals surface area contributed by atoms with Crippen LogP contribution in [0.1, 0.15) is 15.9 Å². The second-order valence-corrected chi connectivity index (χ2v) is 5.22. The number of halogens is 2. The number of carbonyl (C=O) groups is 2. The van der Waals surface area contributed by atoms with Crippen molar-refractivity contribution in [2.45, 2.75) is 0 Å². The fourth-order valence-electron chi connectivity index (χ4n) is 1.95. The van der Waals surface area contributed by atoms with Gasteiger partial charge in [0.1, 0.15) is 11.6 Å². The maximum atomic E-state index is 13.6. The molecule has 2 aromatic rings. The van der Waals surface area contributed by atoms with Gasteiger partial charge in [-0.1, -0.05) is 29.8 Å². The molecule has 0 aliphatic carbocycles. The molecule has 0 aromatic heterocycles. The second-order valence-electron chi connectivity index (χ2n) is 4.81. The summed E-state index contributed by atoms with van der Waals surface area (Å²) in [5, 5.41) is 6.02. The van der Waals surface area contributed by atoms with Crippen LogP contribution in [0.15, 0.2) is 47.6 Å². The van der Waals surface area contributed by atoms with Crippen LogP contribution in [0.3, 0.4) is 0 Å². The van der Waals surface area contributed by atoms with Gasteiger partial charge in [0.15, 0.2) is 0 Å². The molecule has 25 heavy (non-hydrogen) atoms. The third-order valence-corrected chi connectivity index (χ3v) is 3.45. The molecule has 8 heteroatoms. The van der Waals surface area contributed by atoms with Crippen molar-refractivity contribution < 1.29 is 18.7 Å². The first kappa shape index (κ1) is 18.4. The third-order valence-electron chi connectivity index (χ3n) is 3.13. The SMILES string of the molecule is COc1ccccc1/C=N\NC(=O)CNC(=O)c1c(F)cccc1Cl. The molecule has 0 saturated heterocycles. The average Bonchev–Trinajstić information content (AvgIpc) is 2.60. The molecule has 2 amide bonds. The van der Waals surface area contributed by atoms with Crippen molar-refractivity contribution in [2.75, 3.05) is 13.7 Å². The van der Waals surface area contributed by atoms with Crippen LogP contribution in [0.4, 0.5) is 4.39 Å². The van der Waals surface area contributed by atoms with Gasteiger partial charge in [-0.2, -0.15) is 5.10 Å². The Morgan fingerprint density at radius 2 is 2.00 bits per heavy atom. The molecule has 0 unspecified atom stereocenters. The Morgan fingerprint density at radius 1 is 1.24 bits per heavy atom. The first-order valence-corrected chi connectivity index (χ1v) is 7.58. The first-order valence-electron chi connectivity index (χ1n) is 7.20. The Bertz CT molecular complexity index is 791. The highest BCUT2D eigenvalue weighted by atomic mass is 35.5. The molecule has 0 spiro atoms. The first-order chi connectivity index (χ1) is 12.0. The van der Waals surface area contributed by atoms with E-state index >= 15 is 0 Å². The van der Waals surface area contributed by atoms with E-state index in [2.05, 4.69) is 15.8 Å². The van der Waals surface area contributed by atoms with Crippen LogP contribution in [-0.4, -0.2) is 31.7 Å². The molecule has 0 aliphatic heterocycles. The highest BCUT2D eigenvalue weighted by molar-refractivity contribution is 6.33. The number of nitrogens with zero attached hydrogens (tertiary/aromatic N) is 1. The third kappa shape index (κ3) is 5.02. The number of methoxy groups -OCH3 is 1. The number of carbonyl (C=O) groups excluding carboxylic acids is 2. The topological polar surface area (TPSA) is 79.8 Å². The van der Waals surface area contributed by atoms with Crippen molar-refractivity contribution in [1.29, 1.82) is 0 Å². The van der Waals surface area contributed by atoms with Crippen molar-refractivity contribution >= 4 is 29.6 Å². The number of hydrazone groups is 1. The van der Waals surface area contributed by atoms with Gasteiger partial charge in [-0.05, 0) is 24.3 Å². The smallest absolute Gasteiger partial charge is 0.259 e. The number of ether oxygens (including phenoxy) is 1. The monoisotopic (exact) mass is 363 g/mol. The van der Waals surface area contributed by atoms with Gasteiger partial charge in [-0.3, -0.25) is 9.59 Å². The quantitative estimate of drug-likeness (QED) is 0.611. The molecule has 0 aliphatic rings. The van der Waals surface area contributed by atoms with Crippen molar-refractivity contribution in [3.63, 3.8) is 0 Å². The highest BCUT2D eigenvalue weighted by Gasteiger charge is 2.16. The van der Waals surface area contributed by atoms with Crippen molar-refractivity contribution in [3.05, 3.63) is 64.4 Å². The van der Waals surface area contributed by atoms with E-state index in [1.807, 2.05) is 0 Å². The Hall–Kier alpha value is -2.93. The molecule has 0 radical (unpaired) electrons. The zero-order valence-corrected chi connectivity index (χ0v) is 14.0. The molecule has 0 fully saturated rings. The van der Waals surface area contributed by atoms with Gasteiger partial charge in [0.25, 0.3) is 11.8 Å². The standard InChI is InChI=1S/C17H15ClFN3O3/c1-25-14-8-3-2-5-11(14)9-21-22-15(23)10-20-17(24)16-12(18)6-4-7-13(16)19/h2-9H,10H2,1H3,(H,20,24)(H,22,23)/b21-9-. The maximum Gasteiger partial charge on any atom is 0.259 e. The van der Waals surface area contributed by atoms with E-state index < -0.39 is 17.6 Å². The molecule has 6 nitrogen and oxygen atoms in total. The van der Waals surface area contributed by atoms with Gasteiger partial charge in [0.2, 0.25) is 0 Å². The Kier molecular flexibility index (Phi) is 6.47. The molecule has 0 heterocycles. The summed E-state index contributed by atoms with van der Waals surface area (Å²) in [6, 6.07) is 11.0. The predicted molar refractivity (Wildman–Crippen MR) is 92.5 cm³/mol. The summed E-state index contributed by atoms with van der Waals surface area (Å²) in [4.78, 5) is 23.6. The van der Waals surface area contributed by atoms with Crippen molar-refractivity contribution in [1.82, 2.24) is 10.7 Å². The highest BCUT2D eigenvalue weighted by Crippen LogP contribution is 2.18. The van der Waals surface area contributed by atoms with E-state index in [9.17, 15) is 14.0 Å². The lowest BCUT2D eigenvalue weighted by Crippen LogP contribution is -2.35. The Morgan fingerprint density at radius 3 is 2.72 bits per heavy atom. The minimum Gasteiger partial charge on any atom is -0.496 e. The molecule has 2 rings (SSSR count). The van der Waals surface area contributed by atoms with E-state index in [4.69, 9.17) is 16.3 Å². The summed E-state index contributed by atoms with van der Waals surface area (Å²) < 4.78 is 18.8. The molecular formula is C17H15ClFN3O3. The number of hydrogen-bond donors (Lipinski definition) is 2. The largest absolute Gasteiger partial charge is 0.496 e. The van der Waals surface area contributed by atoms with Gasteiger partial charge in [0, 0.05) is 5.56 Å². The molecular weight excluding hydrogens is 349 g/mol. The molecule has 0 saturated carbocycles. The Labute approximate surface area is 148 Å². The van der Waals surface area contributed by atoms with Gasteiger partial charge in [0.05, 0.1) is 30.5 Å². The van der Waals surface area contributed by atoms with Crippen LogP contribution in [-0.2, 0) is 4.79 Å². The van der Waals surface area contributed by atoms with Crippen LogP contribution >= 0.6 is 11.6 Å². The number of benzene rings is 2.